The van der Waals surface area contributed by atoms with Crippen molar-refractivity contribution < 1.29 is 4.79 Å². The van der Waals surface area contributed by atoms with E-state index in [4.69, 9.17) is 0 Å². The number of nitrogens with zero attached hydrogens (tertiary/aromatic N) is 1. The van der Waals surface area contributed by atoms with Crippen molar-refractivity contribution in [3.8, 4) is 0 Å². The normalized spacial score (nSPS) is 11.4. The number of hydrogen-bond acceptors (Lipinski definition) is 2. The van der Waals surface area contributed by atoms with E-state index in [1.54, 1.807) is 0 Å². The highest BCUT2D eigenvalue weighted by atomic mass is 16.2. The summed E-state index contributed by atoms with van der Waals surface area (Å²) in [6.45, 7) is 9.80. The van der Waals surface area contributed by atoms with Gasteiger partial charge in [-0.2, -0.15) is 0 Å². The molecule has 0 spiro atoms. The van der Waals surface area contributed by atoms with Gasteiger partial charge >= 0.3 is 0 Å². The maximum atomic E-state index is 12.4. The van der Waals surface area contributed by atoms with E-state index < -0.39 is 0 Å². The minimum absolute atomic E-state index is 0.0226. The first-order valence-corrected chi connectivity index (χ1v) is 9.03. The zero-order valence-electron chi connectivity index (χ0n) is 16.0. The minimum Gasteiger partial charge on any atom is -0.325 e. The average molecular weight is 338 g/mol. The van der Waals surface area contributed by atoms with Gasteiger partial charge in [-0.25, -0.2) is 0 Å². The lowest BCUT2D eigenvalue weighted by atomic mass is 10.0. The standard InChI is InChI=1S/C22H30N2O/c1-16(2)19-12-10-18(11-13-19)14-24(5)15-22(25)23-21-9-7-6-8-20(21)17(3)4/h6-13,16-17H,14-15H2,1-5H3,(H,23,25). The zero-order valence-corrected chi connectivity index (χ0v) is 16.0. The minimum atomic E-state index is 0.0226. The molecule has 2 aromatic rings. The summed E-state index contributed by atoms with van der Waals surface area (Å²) in [4.78, 5) is 14.4. The van der Waals surface area contributed by atoms with Crippen LogP contribution in [0.5, 0.6) is 0 Å². The summed E-state index contributed by atoms with van der Waals surface area (Å²) in [5.41, 5.74) is 4.65. The van der Waals surface area contributed by atoms with E-state index in [9.17, 15) is 4.79 Å². The molecule has 2 aromatic carbocycles. The van der Waals surface area contributed by atoms with E-state index in [0.29, 0.717) is 18.4 Å². The van der Waals surface area contributed by atoms with Crippen molar-refractivity contribution in [3.63, 3.8) is 0 Å². The quantitative estimate of drug-likeness (QED) is 0.770. The van der Waals surface area contributed by atoms with Gasteiger partial charge in [0, 0.05) is 12.2 Å². The van der Waals surface area contributed by atoms with Gasteiger partial charge in [-0.3, -0.25) is 9.69 Å². The number of nitrogens with one attached hydrogen (secondary N) is 1. The SMILES string of the molecule is CC(C)c1ccc(CN(C)CC(=O)Nc2ccccc2C(C)C)cc1. The molecule has 0 fully saturated rings. The van der Waals surface area contributed by atoms with E-state index >= 15 is 0 Å². The fourth-order valence-corrected chi connectivity index (χ4v) is 2.92. The van der Waals surface area contributed by atoms with Crippen LogP contribution in [-0.2, 0) is 11.3 Å². The van der Waals surface area contributed by atoms with Gasteiger partial charge in [-0.05, 0) is 41.6 Å². The van der Waals surface area contributed by atoms with Crippen LogP contribution in [0.2, 0.25) is 0 Å². The summed E-state index contributed by atoms with van der Waals surface area (Å²) >= 11 is 0. The molecule has 0 atom stereocenters. The molecule has 0 unspecified atom stereocenters. The van der Waals surface area contributed by atoms with Gasteiger partial charge in [0.1, 0.15) is 0 Å². The summed E-state index contributed by atoms with van der Waals surface area (Å²) in [7, 11) is 1.98. The Bertz CT molecular complexity index is 689. The zero-order chi connectivity index (χ0) is 18.4. The highest BCUT2D eigenvalue weighted by molar-refractivity contribution is 5.93. The maximum Gasteiger partial charge on any atom is 0.238 e. The Balaban J connectivity index is 1.92. The van der Waals surface area contributed by atoms with Crippen LogP contribution in [0.1, 0.15) is 56.2 Å². The Hall–Kier alpha value is -2.13. The number of carbonyl (C=O) groups is 1. The number of likely N-dealkylation sites (N-methyl/N-ethyl adjacent to an activating group) is 1. The first kappa shape index (κ1) is 19.2. The summed E-state index contributed by atoms with van der Waals surface area (Å²) < 4.78 is 0. The molecule has 0 saturated heterocycles. The molecule has 0 heterocycles. The molecule has 2 rings (SSSR count). The largest absolute Gasteiger partial charge is 0.325 e. The van der Waals surface area contributed by atoms with Crippen LogP contribution < -0.4 is 5.32 Å². The smallest absolute Gasteiger partial charge is 0.238 e. The van der Waals surface area contributed by atoms with Crippen molar-refractivity contribution >= 4 is 11.6 Å². The highest BCUT2D eigenvalue weighted by Gasteiger charge is 2.11. The molecule has 3 nitrogen and oxygen atoms in total. The summed E-state index contributed by atoms with van der Waals surface area (Å²) in [5.74, 6) is 0.946. The van der Waals surface area contributed by atoms with Gasteiger partial charge in [0.15, 0.2) is 0 Å². The molecule has 0 aliphatic carbocycles. The summed E-state index contributed by atoms with van der Waals surface area (Å²) in [6, 6.07) is 16.7. The van der Waals surface area contributed by atoms with Crippen molar-refractivity contribution in [2.45, 2.75) is 46.1 Å². The molecular formula is C22H30N2O. The lowest BCUT2D eigenvalue weighted by Gasteiger charge is -2.18. The van der Waals surface area contributed by atoms with Gasteiger partial charge < -0.3 is 5.32 Å². The maximum absolute atomic E-state index is 12.4. The first-order chi connectivity index (χ1) is 11.9. The third-order valence-corrected chi connectivity index (χ3v) is 4.37. The molecule has 134 valence electrons. The van der Waals surface area contributed by atoms with E-state index in [1.807, 2.05) is 30.1 Å². The number of para-hydroxylation sites is 1. The average Bonchev–Trinajstić information content (AvgIpc) is 2.55. The molecule has 1 N–H and O–H groups in total. The van der Waals surface area contributed by atoms with Crippen LogP contribution in [0, 0.1) is 0 Å². The molecule has 1 amide bonds. The van der Waals surface area contributed by atoms with Crippen LogP contribution in [0.3, 0.4) is 0 Å². The Labute approximate surface area is 152 Å². The molecule has 0 bridgehead atoms. The first-order valence-electron chi connectivity index (χ1n) is 9.03. The Kier molecular flexibility index (Phi) is 6.77. The van der Waals surface area contributed by atoms with Gasteiger partial charge in [-0.15, -0.1) is 0 Å². The molecule has 0 aliphatic heterocycles. The third kappa shape index (κ3) is 5.71. The van der Waals surface area contributed by atoms with Gasteiger partial charge in [0.25, 0.3) is 0 Å². The van der Waals surface area contributed by atoms with Crippen LogP contribution in [0.15, 0.2) is 48.5 Å². The number of anilines is 1. The second-order valence-electron chi connectivity index (χ2n) is 7.36. The lowest BCUT2D eigenvalue weighted by Crippen LogP contribution is -2.30. The second kappa shape index (κ2) is 8.82. The molecule has 0 radical (unpaired) electrons. The third-order valence-electron chi connectivity index (χ3n) is 4.37. The van der Waals surface area contributed by atoms with Crippen LogP contribution in [0.25, 0.3) is 0 Å². The number of hydrogen-bond donors (Lipinski definition) is 1. The summed E-state index contributed by atoms with van der Waals surface area (Å²) in [5, 5.41) is 3.05. The number of rotatable bonds is 7. The fourth-order valence-electron chi connectivity index (χ4n) is 2.92. The topological polar surface area (TPSA) is 32.3 Å². The molecule has 25 heavy (non-hydrogen) atoms. The van der Waals surface area contributed by atoms with E-state index in [1.165, 1.54) is 16.7 Å². The van der Waals surface area contributed by atoms with E-state index in [2.05, 4.69) is 63.3 Å². The van der Waals surface area contributed by atoms with Crippen molar-refractivity contribution in [2.24, 2.45) is 0 Å². The molecule has 0 aliphatic rings. The van der Waals surface area contributed by atoms with Gasteiger partial charge in [0.05, 0.1) is 6.54 Å². The Morgan fingerprint density at radius 2 is 1.60 bits per heavy atom. The Morgan fingerprint density at radius 3 is 2.20 bits per heavy atom. The van der Waals surface area contributed by atoms with Crippen molar-refractivity contribution in [3.05, 3.63) is 65.2 Å². The second-order valence-corrected chi connectivity index (χ2v) is 7.36. The summed E-state index contributed by atoms with van der Waals surface area (Å²) in [6.07, 6.45) is 0. The molecule has 3 heteroatoms. The predicted octanol–water partition coefficient (Wildman–Crippen LogP) is 5.00. The molecule has 0 saturated carbocycles. The number of benzene rings is 2. The Morgan fingerprint density at radius 1 is 0.960 bits per heavy atom. The van der Waals surface area contributed by atoms with Gasteiger partial charge in [-0.1, -0.05) is 70.2 Å². The van der Waals surface area contributed by atoms with Crippen molar-refractivity contribution in [1.82, 2.24) is 4.90 Å². The van der Waals surface area contributed by atoms with Gasteiger partial charge in [0.2, 0.25) is 5.91 Å². The predicted molar refractivity (Wildman–Crippen MR) is 106 cm³/mol. The van der Waals surface area contributed by atoms with Crippen molar-refractivity contribution in [2.75, 3.05) is 18.9 Å². The molecular weight excluding hydrogens is 308 g/mol. The molecule has 0 aromatic heterocycles. The fraction of sp³-hybridized carbons (Fsp3) is 0.409. The number of amides is 1. The monoisotopic (exact) mass is 338 g/mol. The van der Waals surface area contributed by atoms with Crippen molar-refractivity contribution in [1.29, 1.82) is 0 Å². The van der Waals surface area contributed by atoms with Crippen LogP contribution in [0.4, 0.5) is 5.69 Å². The van der Waals surface area contributed by atoms with Crippen LogP contribution >= 0.6 is 0 Å². The number of carbonyl (C=O) groups excluding carboxylic acids is 1. The highest BCUT2D eigenvalue weighted by Crippen LogP contribution is 2.23. The van der Waals surface area contributed by atoms with E-state index in [0.717, 1.165) is 12.2 Å². The van der Waals surface area contributed by atoms with E-state index in [-0.39, 0.29) is 5.91 Å². The lowest BCUT2D eigenvalue weighted by molar-refractivity contribution is -0.117. The van der Waals surface area contributed by atoms with Crippen LogP contribution in [-0.4, -0.2) is 24.4 Å².